The first-order valence-electron chi connectivity index (χ1n) is 6.62. The van der Waals surface area contributed by atoms with Gasteiger partial charge >= 0.3 is 5.69 Å². The minimum absolute atomic E-state index is 0.0599. The molecule has 108 valence electrons. The highest BCUT2D eigenvalue weighted by Gasteiger charge is 2.15. The number of rotatable bonds is 6. The summed E-state index contributed by atoms with van der Waals surface area (Å²) in [6, 6.07) is 4.00. The zero-order valence-electron chi connectivity index (χ0n) is 11.9. The predicted octanol–water partition coefficient (Wildman–Crippen LogP) is 1.81. The van der Waals surface area contributed by atoms with E-state index >= 15 is 0 Å². The molecule has 6 nitrogen and oxygen atoms in total. The maximum atomic E-state index is 11.7. The highest BCUT2D eigenvalue weighted by molar-refractivity contribution is 7.99. The lowest BCUT2D eigenvalue weighted by molar-refractivity contribution is 0.533. The minimum atomic E-state index is -0.188. The van der Waals surface area contributed by atoms with Crippen LogP contribution in [0.15, 0.2) is 33.3 Å². The molecule has 20 heavy (non-hydrogen) atoms. The number of hydrogen-bond donors (Lipinski definition) is 2. The smallest absolute Gasteiger partial charge is 0.313 e. The zero-order valence-corrected chi connectivity index (χ0v) is 12.7. The second kappa shape index (κ2) is 6.71. The lowest BCUT2D eigenvalue weighted by atomic mass is 10.3. The average molecular weight is 293 g/mol. The molecular weight excluding hydrogens is 274 g/mol. The third-order valence-corrected chi connectivity index (χ3v) is 3.82. The lowest BCUT2D eigenvalue weighted by Gasteiger charge is -2.10. The third-order valence-electron chi connectivity index (χ3n) is 2.79. The van der Waals surface area contributed by atoms with Crippen LogP contribution in [0.3, 0.4) is 0 Å². The Labute approximate surface area is 122 Å². The normalized spacial score (nSPS) is 11.2. The fourth-order valence-corrected chi connectivity index (χ4v) is 2.86. The number of H-pyrrole nitrogens is 1. The Morgan fingerprint density at radius 3 is 3.00 bits per heavy atom. The highest BCUT2D eigenvalue weighted by atomic mass is 32.2. The first-order valence-corrected chi connectivity index (χ1v) is 7.44. The number of aromatic amines is 1. The van der Waals surface area contributed by atoms with Crippen LogP contribution in [0.2, 0.25) is 0 Å². The van der Waals surface area contributed by atoms with Crippen molar-refractivity contribution in [3.8, 4) is 0 Å². The molecule has 0 aliphatic rings. The standard InChI is InChI=1S/C13H19N5OS/c1-4-14-8-10-6-5-7-15-11(10)20-13-17-16-12(19)18(13)9(2)3/h5-7,9,14H,4,8H2,1-3H3,(H,16,19). The molecule has 2 rings (SSSR count). The maximum absolute atomic E-state index is 11.7. The van der Waals surface area contributed by atoms with Crippen LogP contribution < -0.4 is 11.0 Å². The van der Waals surface area contributed by atoms with Gasteiger partial charge < -0.3 is 5.32 Å². The van der Waals surface area contributed by atoms with E-state index in [9.17, 15) is 4.79 Å². The molecule has 0 spiro atoms. The molecule has 0 amide bonds. The van der Waals surface area contributed by atoms with E-state index in [1.807, 2.05) is 26.0 Å². The summed E-state index contributed by atoms with van der Waals surface area (Å²) in [6.07, 6.45) is 1.75. The van der Waals surface area contributed by atoms with Gasteiger partial charge in [-0.25, -0.2) is 14.9 Å². The van der Waals surface area contributed by atoms with Gasteiger partial charge in [0, 0.05) is 18.8 Å². The number of nitrogens with one attached hydrogen (secondary N) is 2. The Hall–Kier alpha value is -1.60. The van der Waals surface area contributed by atoms with E-state index < -0.39 is 0 Å². The SMILES string of the molecule is CCNCc1cccnc1Sc1n[nH]c(=O)n1C(C)C. The van der Waals surface area contributed by atoms with Gasteiger partial charge in [0.25, 0.3) is 0 Å². The van der Waals surface area contributed by atoms with Crippen LogP contribution in [0.1, 0.15) is 32.4 Å². The number of nitrogens with zero attached hydrogens (tertiary/aromatic N) is 3. The quantitative estimate of drug-likeness (QED) is 0.849. The summed E-state index contributed by atoms with van der Waals surface area (Å²) in [5, 5.41) is 11.4. The molecule has 0 aliphatic heterocycles. The van der Waals surface area contributed by atoms with Gasteiger partial charge in [0.2, 0.25) is 0 Å². The summed E-state index contributed by atoms with van der Waals surface area (Å²) >= 11 is 1.41. The lowest BCUT2D eigenvalue weighted by Crippen LogP contribution is -2.19. The van der Waals surface area contributed by atoms with Crippen molar-refractivity contribution in [2.45, 2.75) is 43.5 Å². The van der Waals surface area contributed by atoms with Crippen molar-refractivity contribution >= 4 is 11.8 Å². The van der Waals surface area contributed by atoms with Gasteiger partial charge in [-0.2, -0.15) is 0 Å². The number of pyridine rings is 1. The minimum Gasteiger partial charge on any atom is -0.313 e. The second-order valence-electron chi connectivity index (χ2n) is 4.63. The second-order valence-corrected chi connectivity index (χ2v) is 5.58. The summed E-state index contributed by atoms with van der Waals surface area (Å²) in [4.78, 5) is 16.1. The molecular formula is C13H19N5OS. The van der Waals surface area contributed by atoms with Crippen molar-refractivity contribution in [2.75, 3.05) is 6.54 Å². The van der Waals surface area contributed by atoms with E-state index in [1.165, 1.54) is 11.8 Å². The molecule has 2 aromatic heterocycles. The van der Waals surface area contributed by atoms with Crippen molar-refractivity contribution in [3.05, 3.63) is 34.4 Å². The third kappa shape index (κ3) is 3.29. The maximum Gasteiger partial charge on any atom is 0.344 e. The monoisotopic (exact) mass is 293 g/mol. The van der Waals surface area contributed by atoms with Crippen LogP contribution in [0.25, 0.3) is 0 Å². The van der Waals surface area contributed by atoms with Crippen LogP contribution in [0.4, 0.5) is 0 Å². The molecule has 0 atom stereocenters. The Morgan fingerprint density at radius 1 is 1.50 bits per heavy atom. The fourth-order valence-electron chi connectivity index (χ4n) is 1.81. The van der Waals surface area contributed by atoms with Gasteiger partial charge in [-0.05, 0) is 43.8 Å². The Balaban J connectivity index is 2.28. The van der Waals surface area contributed by atoms with Crippen molar-refractivity contribution in [1.29, 1.82) is 0 Å². The van der Waals surface area contributed by atoms with E-state index in [2.05, 4.69) is 27.4 Å². The first-order chi connectivity index (χ1) is 9.63. The van der Waals surface area contributed by atoms with Crippen LogP contribution >= 0.6 is 11.8 Å². The summed E-state index contributed by atoms with van der Waals surface area (Å²) in [7, 11) is 0. The van der Waals surface area contributed by atoms with Crippen molar-refractivity contribution in [3.63, 3.8) is 0 Å². The topological polar surface area (TPSA) is 75.6 Å². The Morgan fingerprint density at radius 2 is 2.30 bits per heavy atom. The van der Waals surface area contributed by atoms with E-state index in [1.54, 1.807) is 10.8 Å². The van der Waals surface area contributed by atoms with Crippen LogP contribution in [-0.4, -0.2) is 26.3 Å². The largest absolute Gasteiger partial charge is 0.344 e. The summed E-state index contributed by atoms with van der Waals surface area (Å²) in [5.74, 6) is 0. The molecule has 2 N–H and O–H groups in total. The first kappa shape index (κ1) is 14.8. The molecule has 7 heteroatoms. The molecule has 2 aromatic rings. The molecule has 0 radical (unpaired) electrons. The fraction of sp³-hybridized carbons (Fsp3) is 0.462. The Kier molecular flexibility index (Phi) is 4.97. The van der Waals surface area contributed by atoms with Gasteiger partial charge in [-0.3, -0.25) is 4.57 Å². The molecule has 0 saturated heterocycles. The molecule has 0 bridgehead atoms. The summed E-state index contributed by atoms with van der Waals surface area (Å²) in [5.41, 5.74) is 0.914. The van der Waals surface area contributed by atoms with Gasteiger partial charge in [-0.15, -0.1) is 5.10 Å². The van der Waals surface area contributed by atoms with Crippen LogP contribution in [-0.2, 0) is 6.54 Å². The van der Waals surface area contributed by atoms with Crippen molar-refractivity contribution in [2.24, 2.45) is 0 Å². The van der Waals surface area contributed by atoms with E-state index in [4.69, 9.17) is 0 Å². The highest BCUT2D eigenvalue weighted by Crippen LogP contribution is 2.27. The Bertz CT molecular complexity index is 619. The predicted molar refractivity (Wildman–Crippen MR) is 79.0 cm³/mol. The van der Waals surface area contributed by atoms with Crippen molar-refractivity contribution in [1.82, 2.24) is 25.1 Å². The molecule has 0 unspecified atom stereocenters. The molecule has 0 aromatic carbocycles. The molecule has 0 fully saturated rings. The van der Waals surface area contributed by atoms with Crippen LogP contribution in [0.5, 0.6) is 0 Å². The van der Waals surface area contributed by atoms with Crippen LogP contribution in [0, 0.1) is 0 Å². The molecule has 2 heterocycles. The van der Waals surface area contributed by atoms with E-state index in [0.717, 1.165) is 23.7 Å². The van der Waals surface area contributed by atoms with E-state index in [0.29, 0.717) is 5.16 Å². The van der Waals surface area contributed by atoms with Gasteiger partial charge in [0.05, 0.1) is 0 Å². The summed E-state index contributed by atoms with van der Waals surface area (Å²) < 4.78 is 1.64. The number of hydrogen-bond acceptors (Lipinski definition) is 5. The van der Waals surface area contributed by atoms with Gasteiger partial charge in [0.1, 0.15) is 5.03 Å². The van der Waals surface area contributed by atoms with Crippen molar-refractivity contribution < 1.29 is 0 Å². The average Bonchev–Trinajstić information content (AvgIpc) is 2.79. The molecule has 0 aliphatic carbocycles. The zero-order chi connectivity index (χ0) is 14.5. The van der Waals surface area contributed by atoms with Gasteiger partial charge in [0.15, 0.2) is 5.16 Å². The molecule has 0 saturated carbocycles. The van der Waals surface area contributed by atoms with E-state index in [-0.39, 0.29) is 11.7 Å². The number of aromatic nitrogens is 4. The van der Waals surface area contributed by atoms with Gasteiger partial charge in [-0.1, -0.05) is 13.0 Å². The summed E-state index contributed by atoms with van der Waals surface area (Å²) in [6.45, 7) is 7.63.